The van der Waals surface area contributed by atoms with Crippen molar-refractivity contribution < 1.29 is 23.6 Å². The average Bonchev–Trinajstić information content (AvgIpc) is 2.87. The van der Waals surface area contributed by atoms with Crippen LogP contribution in [-0.2, 0) is 14.4 Å². The number of benzene rings is 2. The van der Waals surface area contributed by atoms with Crippen molar-refractivity contribution in [1.29, 1.82) is 0 Å². The van der Waals surface area contributed by atoms with E-state index in [0.29, 0.717) is 16.2 Å². The van der Waals surface area contributed by atoms with Crippen LogP contribution < -0.4 is 0 Å². The number of hydrogen-bond acceptors (Lipinski definition) is 4. The Bertz CT molecular complexity index is 769. The van der Waals surface area contributed by atoms with Crippen LogP contribution in [0.1, 0.15) is 23.2 Å². The number of imide groups is 1. The monoisotopic (exact) mass is 313 g/mol. The SMILES string of the molecule is O=C(ON1C(=O)CCC1=O)c1ccc(-c2ccccc2F)cc1. The van der Waals surface area contributed by atoms with E-state index in [9.17, 15) is 18.8 Å². The summed E-state index contributed by atoms with van der Waals surface area (Å²) in [5.74, 6) is -2.25. The zero-order chi connectivity index (χ0) is 16.4. The molecule has 0 bridgehead atoms. The quantitative estimate of drug-likeness (QED) is 0.817. The number of hydroxylamine groups is 2. The largest absolute Gasteiger partial charge is 0.363 e. The van der Waals surface area contributed by atoms with Crippen molar-refractivity contribution in [3.05, 3.63) is 59.9 Å². The zero-order valence-corrected chi connectivity index (χ0v) is 12.0. The average molecular weight is 313 g/mol. The second kappa shape index (κ2) is 6.00. The smallest absolute Gasteiger partial charge is 0.325 e. The summed E-state index contributed by atoms with van der Waals surface area (Å²) < 4.78 is 13.7. The van der Waals surface area contributed by atoms with Gasteiger partial charge in [-0.25, -0.2) is 9.18 Å². The van der Waals surface area contributed by atoms with Crippen molar-refractivity contribution in [3.8, 4) is 11.1 Å². The Hall–Kier alpha value is -3.02. The summed E-state index contributed by atoms with van der Waals surface area (Å²) in [6.07, 6.45) is 0.0800. The van der Waals surface area contributed by atoms with E-state index in [1.165, 1.54) is 18.2 Å². The minimum Gasteiger partial charge on any atom is -0.325 e. The van der Waals surface area contributed by atoms with Crippen molar-refractivity contribution >= 4 is 17.8 Å². The minimum atomic E-state index is -0.811. The van der Waals surface area contributed by atoms with Crippen LogP contribution in [0.5, 0.6) is 0 Å². The fraction of sp³-hybridized carbons (Fsp3) is 0.118. The van der Waals surface area contributed by atoms with Gasteiger partial charge in [0.25, 0.3) is 11.8 Å². The standard InChI is InChI=1S/C17H12FNO4/c18-14-4-2-1-3-13(14)11-5-7-12(8-6-11)17(22)23-19-15(20)9-10-16(19)21/h1-8H,9-10H2. The molecule has 1 aliphatic heterocycles. The van der Waals surface area contributed by atoms with E-state index >= 15 is 0 Å². The predicted octanol–water partition coefficient (Wildman–Crippen LogP) is 2.71. The zero-order valence-electron chi connectivity index (χ0n) is 12.0. The van der Waals surface area contributed by atoms with Gasteiger partial charge >= 0.3 is 5.97 Å². The fourth-order valence-electron chi connectivity index (χ4n) is 2.27. The first kappa shape index (κ1) is 14.9. The molecule has 2 aromatic rings. The first-order valence-electron chi connectivity index (χ1n) is 6.99. The maximum absolute atomic E-state index is 13.7. The molecule has 1 heterocycles. The molecule has 0 radical (unpaired) electrons. The number of hydrogen-bond donors (Lipinski definition) is 0. The van der Waals surface area contributed by atoms with E-state index in [1.54, 1.807) is 30.3 Å². The molecule has 0 aliphatic carbocycles. The number of amides is 2. The summed E-state index contributed by atoms with van der Waals surface area (Å²) in [5.41, 5.74) is 1.18. The number of carbonyl (C=O) groups excluding carboxylic acids is 3. The maximum Gasteiger partial charge on any atom is 0.363 e. The fourth-order valence-corrected chi connectivity index (χ4v) is 2.27. The van der Waals surface area contributed by atoms with Gasteiger partial charge in [0.15, 0.2) is 0 Å². The lowest BCUT2D eigenvalue weighted by molar-refractivity contribution is -0.172. The molecule has 0 aromatic heterocycles. The third kappa shape index (κ3) is 2.96. The molecule has 1 fully saturated rings. The molecule has 0 N–H and O–H groups in total. The molecule has 3 rings (SSSR count). The van der Waals surface area contributed by atoms with Gasteiger partial charge in [-0.3, -0.25) is 9.59 Å². The molecule has 116 valence electrons. The van der Waals surface area contributed by atoms with E-state index in [1.807, 2.05) is 0 Å². The topological polar surface area (TPSA) is 63.7 Å². The molecule has 23 heavy (non-hydrogen) atoms. The Morgan fingerprint density at radius 2 is 1.57 bits per heavy atom. The molecule has 2 aromatic carbocycles. The molecule has 2 amide bonds. The summed E-state index contributed by atoms with van der Waals surface area (Å²) in [6, 6.07) is 12.3. The molecule has 0 spiro atoms. The predicted molar refractivity (Wildman–Crippen MR) is 78.3 cm³/mol. The highest BCUT2D eigenvalue weighted by molar-refractivity contribution is 6.02. The van der Waals surface area contributed by atoms with Gasteiger partial charge in [-0.2, -0.15) is 0 Å². The van der Waals surface area contributed by atoms with Gasteiger partial charge in [0.05, 0.1) is 5.56 Å². The minimum absolute atomic E-state index is 0.0400. The number of nitrogens with zero attached hydrogens (tertiary/aromatic N) is 1. The molecule has 0 atom stereocenters. The molecule has 5 nitrogen and oxygen atoms in total. The van der Waals surface area contributed by atoms with Crippen LogP contribution in [-0.4, -0.2) is 22.8 Å². The summed E-state index contributed by atoms with van der Waals surface area (Å²) >= 11 is 0. The molecular weight excluding hydrogens is 301 g/mol. The third-order valence-corrected chi connectivity index (χ3v) is 3.49. The van der Waals surface area contributed by atoms with Gasteiger partial charge in [-0.15, -0.1) is 5.06 Å². The van der Waals surface area contributed by atoms with Gasteiger partial charge in [-0.05, 0) is 23.8 Å². The van der Waals surface area contributed by atoms with Crippen molar-refractivity contribution in [3.63, 3.8) is 0 Å². The first-order valence-corrected chi connectivity index (χ1v) is 6.99. The summed E-state index contributed by atoms with van der Waals surface area (Å²) in [6.45, 7) is 0. The molecule has 0 unspecified atom stereocenters. The second-order valence-corrected chi connectivity index (χ2v) is 5.02. The highest BCUT2D eigenvalue weighted by atomic mass is 19.1. The van der Waals surface area contributed by atoms with Crippen LogP contribution in [0.3, 0.4) is 0 Å². The van der Waals surface area contributed by atoms with Crippen molar-refractivity contribution in [1.82, 2.24) is 5.06 Å². The molecule has 1 saturated heterocycles. The summed E-state index contributed by atoms with van der Waals surface area (Å²) in [4.78, 5) is 39.6. The molecular formula is C17H12FNO4. The number of rotatable bonds is 3. The van der Waals surface area contributed by atoms with Crippen LogP contribution >= 0.6 is 0 Å². The van der Waals surface area contributed by atoms with E-state index in [4.69, 9.17) is 4.84 Å². The Morgan fingerprint density at radius 1 is 0.957 bits per heavy atom. The highest BCUT2D eigenvalue weighted by Crippen LogP contribution is 2.23. The van der Waals surface area contributed by atoms with Crippen molar-refractivity contribution in [2.45, 2.75) is 12.8 Å². The summed E-state index contributed by atoms with van der Waals surface area (Å²) in [5, 5.41) is 0.493. The first-order chi connectivity index (χ1) is 11.1. The Morgan fingerprint density at radius 3 is 2.17 bits per heavy atom. The van der Waals surface area contributed by atoms with E-state index in [0.717, 1.165) is 0 Å². The van der Waals surface area contributed by atoms with Crippen LogP contribution in [0.25, 0.3) is 11.1 Å². The Kier molecular flexibility index (Phi) is 3.89. The van der Waals surface area contributed by atoms with E-state index < -0.39 is 17.8 Å². The van der Waals surface area contributed by atoms with Crippen LogP contribution in [0.4, 0.5) is 4.39 Å². The molecule has 6 heteroatoms. The van der Waals surface area contributed by atoms with Crippen molar-refractivity contribution in [2.75, 3.05) is 0 Å². The molecule has 0 saturated carbocycles. The van der Waals surface area contributed by atoms with E-state index in [2.05, 4.69) is 0 Å². The van der Waals surface area contributed by atoms with Gasteiger partial charge in [0, 0.05) is 18.4 Å². The van der Waals surface area contributed by atoms with Crippen LogP contribution in [0, 0.1) is 5.82 Å². The lowest BCUT2D eigenvalue weighted by Crippen LogP contribution is -2.32. The van der Waals surface area contributed by atoms with Crippen LogP contribution in [0.2, 0.25) is 0 Å². The highest BCUT2D eigenvalue weighted by Gasteiger charge is 2.33. The lowest BCUT2D eigenvalue weighted by atomic mass is 10.0. The van der Waals surface area contributed by atoms with Gasteiger partial charge in [0.2, 0.25) is 0 Å². The Labute approximate surface area is 131 Å². The van der Waals surface area contributed by atoms with Gasteiger partial charge in [-0.1, -0.05) is 30.3 Å². The lowest BCUT2D eigenvalue weighted by Gasteiger charge is -2.12. The number of halogens is 1. The van der Waals surface area contributed by atoms with Gasteiger partial charge < -0.3 is 4.84 Å². The normalized spacial score (nSPS) is 14.2. The van der Waals surface area contributed by atoms with Crippen LogP contribution in [0.15, 0.2) is 48.5 Å². The third-order valence-electron chi connectivity index (χ3n) is 3.49. The number of carbonyl (C=O) groups is 3. The Balaban J connectivity index is 1.77. The molecule has 1 aliphatic rings. The van der Waals surface area contributed by atoms with Gasteiger partial charge in [0.1, 0.15) is 5.82 Å². The van der Waals surface area contributed by atoms with Crippen molar-refractivity contribution in [2.24, 2.45) is 0 Å². The van der Waals surface area contributed by atoms with E-state index in [-0.39, 0.29) is 24.2 Å². The maximum atomic E-state index is 13.7. The summed E-state index contributed by atoms with van der Waals surface area (Å²) in [7, 11) is 0. The second-order valence-electron chi connectivity index (χ2n) is 5.02.